The smallest absolute Gasteiger partial charge is 0.230 e. The number of hydrogen-bond acceptors (Lipinski definition) is 8. The summed E-state index contributed by atoms with van der Waals surface area (Å²) >= 11 is 0. The first kappa shape index (κ1) is 21.1. The fourth-order valence-corrected chi connectivity index (χ4v) is 4.87. The van der Waals surface area contributed by atoms with Gasteiger partial charge in [0.1, 0.15) is 11.0 Å². The molecule has 0 radical (unpaired) electrons. The van der Waals surface area contributed by atoms with Crippen LogP contribution in [0.3, 0.4) is 0 Å². The van der Waals surface area contributed by atoms with Gasteiger partial charge in [-0.3, -0.25) is 14.3 Å². The van der Waals surface area contributed by atoms with Gasteiger partial charge >= 0.3 is 0 Å². The lowest BCUT2D eigenvalue weighted by Crippen LogP contribution is -2.46. The summed E-state index contributed by atoms with van der Waals surface area (Å²) in [6, 6.07) is 1.08. The van der Waals surface area contributed by atoms with Gasteiger partial charge in [-0.25, -0.2) is 4.98 Å². The minimum Gasteiger partial charge on any atom is -0.379 e. The molecule has 0 atom stereocenters. The zero-order valence-electron chi connectivity index (χ0n) is 19.0. The van der Waals surface area contributed by atoms with Gasteiger partial charge in [0.2, 0.25) is 5.95 Å². The zero-order valence-corrected chi connectivity index (χ0v) is 19.0. The highest BCUT2D eigenvalue weighted by molar-refractivity contribution is 5.87. The average Bonchev–Trinajstić information content (AvgIpc) is 3.41. The molecular weight excluding hydrogens is 406 g/mol. The van der Waals surface area contributed by atoms with E-state index in [0.29, 0.717) is 18.0 Å². The molecule has 0 bridgehead atoms. The SMILES string of the molecule is CCCn1ncc2nc(Nc3cnn(C)c3)nc(N[C@H]3CC[C@H](N4CCOCC4)CC3)c21. The predicted molar refractivity (Wildman–Crippen MR) is 124 cm³/mol. The molecule has 0 unspecified atom stereocenters. The van der Waals surface area contributed by atoms with Crippen molar-refractivity contribution in [2.24, 2.45) is 7.05 Å². The van der Waals surface area contributed by atoms with Crippen molar-refractivity contribution < 1.29 is 4.74 Å². The van der Waals surface area contributed by atoms with E-state index < -0.39 is 0 Å². The van der Waals surface area contributed by atoms with E-state index in [1.807, 2.05) is 24.1 Å². The topological polar surface area (TPSA) is 98.0 Å². The molecule has 2 N–H and O–H groups in total. The summed E-state index contributed by atoms with van der Waals surface area (Å²) in [6.07, 6.45) is 11.2. The molecule has 172 valence electrons. The maximum Gasteiger partial charge on any atom is 0.230 e. The van der Waals surface area contributed by atoms with Crippen LogP contribution in [0.5, 0.6) is 0 Å². The normalized spacial score (nSPS) is 22.3. The average molecular weight is 440 g/mol. The molecule has 10 nitrogen and oxygen atoms in total. The van der Waals surface area contributed by atoms with Gasteiger partial charge in [0.25, 0.3) is 0 Å². The molecule has 10 heteroatoms. The van der Waals surface area contributed by atoms with Gasteiger partial charge in [-0.1, -0.05) is 6.92 Å². The van der Waals surface area contributed by atoms with Crippen molar-refractivity contribution in [2.45, 2.75) is 57.7 Å². The monoisotopic (exact) mass is 439 g/mol. The van der Waals surface area contributed by atoms with Crippen LogP contribution in [0.25, 0.3) is 11.0 Å². The van der Waals surface area contributed by atoms with Gasteiger partial charge in [0, 0.05) is 45.0 Å². The number of hydrogen-bond donors (Lipinski definition) is 2. The van der Waals surface area contributed by atoms with E-state index in [9.17, 15) is 0 Å². The molecule has 3 aromatic rings. The summed E-state index contributed by atoms with van der Waals surface area (Å²) in [5, 5.41) is 15.8. The summed E-state index contributed by atoms with van der Waals surface area (Å²) in [7, 11) is 1.89. The van der Waals surface area contributed by atoms with Crippen LogP contribution in [0.15, 0.2) is 18.6 Å². The second-order valence-electron chi connectivity index (χ2n) is 8.82. The fourth-order valence-electron chi connectivity index (χ4n) is 4.87. The minimum atomic E-state index is 0.404. The fraction of sp³-hybridized carbons (Fsp3) is 0.636. The van der Waals surface area contributed by atoms with Crippen LogP contribution in [0, 0.1) is 0 Å². The molecule has 0 spiro atoms. The van der Waals surface area contributed by atoms with Crippen LogP contribution in [0.1, 0.15) is 39.0 Å². The van der Waals surface area contributed by atoms with Crippen molar-refractivity contribution in [3.05, 3.63) is 18.6 Å². The third kappa shape index (κ3) is 4.56. The standard InChI is InChI=1S/C22H33N9O/c1-3-8-31-20-19(14-24-31)27-22(26-17-13-23-29(2)15-17)28-21(20)25-16-4-6-18(7-5-16)30-9-11-32-12-10-30/h13-16,18H,3-12H2,1-2H3,(H2,25,26,27,28)/t16-,18-. The first-order chi connectivity index (χ1) is 15.7. The van der Waals surface area contributed by atoms with E-state index in [1.165, 1.54) is 12.8 Å². The first-order valence-electron chi connectivity index (χ1n) is 11.8. The molecule has 1 saturated heterocycles. The summed E-state index contributed by atoms with van der Waals surface area (Å²) in [6.45, 7) is 6.87. The summed E-state index contributed by atoms with van der Waals surface area (Å²) in [5.74, 6) is 1.42. The molecule has 1 aliphatic carbocycles. The van der Waals surface area contributed by atoms with E-state index in [-0.39, 0.29) is 0 Å². The lowest BCUT2D eigenvalue weighted by Gasteiger charge is -2.39. The molecule has 3 aromatic heterocycles. The lowest BCUT2D eigenvalue weighted by atomic mass is 9.90. The van der Waals surface area contributed by atoms with Crippen LogP contribution in [0.4, 0.5) is 17.5 Å². The van der Waals surface area contributed by atoms with E-state index >= 15 is 0 Å². The van der Waals surface area contributed by atoms with Crippen molar-refractivity contribution in [3.63, 3.8) is 0 Å². The van der Waals surface area contributed by atoms with E-state index in [4.69, 9.17) is 14.7 Å². The van der Waals surface area contributed by atoms with Gasteiger partial charge in [-0.05, 0) is 32.1 Å². The second kappa shape index (κ2) is 9.41. The number of nitrogens with zero attached hydrogens (tertiary/aromatic N) is 7. The molecular formula is C22H33N9O. The Kier molecular flexibility index (Phi) is 6.22. The zero-order chi connectivity index (χ0) is 21.9. The predicted octanol–water partition coefficient (Wildman–Crippen LogP) is 2.77. The summed E-state index contributed by atoms with van der Waals surface area (Å²) < 4.78 is 9.30. The summed E-state index contributed by atoms with van der Waals surface area (Å²) in [4.78, 5) is 12.2. The number of fused-ring (bicyclic) bond motifs is 1. The number of morpholine rings is 1. The van der Waals surface area contributed by atoms with Gasteiger partial charge in [0.15, 0.2) is 5.82 Å². The number of ether oxygens (including phenoxy) is 1. The second-order valence-corrected chi connectivity index (χ2v) is 8.82. The maximum absolute atomic E-state index is 5.52. The Balaban J connectivity index is 1.34. The first-order valence-corrected chi connectivity index (χ1v) is 11.8. The molecule has 2 fully saturated rings. The Labute approximate surface area is 188 Å². The van der Waals surface area contributed by atoms with Crippen molar-refractivity contribution in [1.82, 2.24) is 34.4 Å². The largest absolute Gasteiger partial charge is 0.379 e. The van der Waals surface area contributed by atoms with Crippen molar-refractivity contribution in [1.29, 1.82) is 0 Å². The number of rotatable bonds is 7. The maximum atomic E-state index is 5.52. The lowest BCUT2D eigenvalue weighted by molar-refractivity contribution is 0.00791. The quantitative estimate of drug-likeness (QED) is 0.580. The molecule has 2 aliphatic rings. The van der Waals surface area contributed by atoms with Gasteiger partial charge in [0.05, 0.1) is 31.3 Å². The van der Waals surface area contributed by atoms with Crippen LogP contribution in [-0.4, -0.2) is 72.8 Å². The van der Waals surface area contributed by atoms with E-state index in [1.54, 1.807) is 10.9 Å². The van der Waals surface area contributed by atoms with Crippen LogP contribution < -0.4 is 10.6 Å². The van der Waals surface area contributed by atoms with Gasteiger partial charge in [-0.15, -0.1) is 0 Å². The van der Waals surface area contributed by atoms with Crippen LogP contribution >= 0.6 is 0 Å². The van der Waals surface area contributed by atoms with Crippen molar-refractivity contribution in [3.8, 4) is 0 Å². The number of aryl methyl sites for hydroxylation is 2. The molecule has 1 aliphatic heterocycles. The Morgan fingerprint density at radius 3 is 2.59 bits per heavy atom. The van der Waals surface area contributed by atoms with Crippen LogP contribution in [-0.2, 0) is 18.3 Å². The Bertz CT molecular complexity index is 1030. The van der Waals surface area contributed by atoms with Gasteiger partial charge in [-0.2, -0.15) is 15.2 Å². The molecule has 5 rings (SSSR count). The highest BCUT2D eigenvalue weighted by Crippen LogP contribution is 2.29. The highest BCUT2D eigenvalue weighted by atomic mass is 16.5. The molecule has 0 aromatic carbocycles. The minimum absolute atomic E-state index is 0.404. The number of aromatic nitrogens is 6. The van der Waals surface area contributed by atoms with Crippen LogP contribution in [0.2, 0.25) is 0 Å². The van der Waals surface area contributed by atoms with Gasteiger partial charge < -0.3 is 15.4 Å². The van der Waals surface area contributed by atoms with Crippen molar-refractivity contribution in [2.75, 3.05) is 36.9 Å². The van der Waals surface area contributed by atoms with Crippen molar-refractivity contribution >= 4 is 28.5 Å². The number of anilines is 3. The molecule has 0 amide bonds. The Hall–Kier alpha value is -2.72. The third-order valence-corrected chi connectivity index (χ3v) is 6.48. The van der Waals surface area contributed by atoms with E-state index in [0.717, 1.165) is 74.6 Å². The third-order valence-electron chi connectivity index (χ3n) is 6.48. The molecule has 32 heavy (non-hydrogen) atoms. The summed E-state index contributed by atoms with van der Waals surface area (Å²) in [5.41, 5.74) is 2.70. The molecule has 1 saturated carbocycles. The Morgan fingerprint density at radius 1 is 1.06 bits per heavy atom. The van der Waals surface area contributed by atoms with E-state index in [2.05, 4.69) is 32.7 Å². The highest BCUT2D eigenvalue weighted by Gasteiger charge is 2.28. The Morgan fingerprint density at radius 2 is 1.88 bits per heavy atom. The molecule has 4 heterocycles. The number of nitrogens with one attached hydrogen (secondary N) is 2.